The van der Waals surface area contributed by atoms with Crippen LogP contribution >= 0.6 is 0 Å². The van der Waals surface area contributed by atoms with Gasteiger partial charge in [0.05, 0.1) is 18.7 Å². The van der Waals surface area contributed by atoms with Gasteiger partial charge >= 0.3 is 0 Å². The minimum Gasteiger partial charge on any atom is -0.497 e. The lowest BCUT2D eigenvalue weighted by atomic mass is 9.73. The van der Waals surface area contributed by atoms with Crippen LogP contribution in [0, 0.1) is 11.8 Å². The van der Waals surface area contributed by atoms with Gasteiger partial charge in [0.15, 0.2) is 0 Å². The molecule has 1 unspecified atom stereocenters. The molecule has 1 aromatic carbocycles. The third kappa shape index (κ3) is 2.77. The van der Waals surface area contributed by atoms with E-state index in [1.807, 2.05) is 18.2 Å². The zero-order valence-electron chi connectivity index (χ0n) is 14.6. The number of nitrogen functional groups attached to an aromatic ring is 1. The van der Waals surface area contributed by atoms with Crippen LogP contribution in [0.1, 0.15) is 24.5 Å². The Labute approximate surface area is 148 Å². The molecule has 5 atom stereocenters. The standard InChI is InChI=1S/C20H25N3O2/c1-3-12-11-23-7-6-13(12)8-18(23)20(24)16-10-19(21)22-17-5-4-14(25-2)9-15(16)17/h3-5,9-10,12-13,18,20,24H,1,6-8,11H2,2H3,(H2,21,22)/t12-,13-,18+,20-/m0/s1. The van der Waals surface area contributed by atoms with Crippen molar-refractivity contribution < 1.29 is 9.84 Å². The van der Waals surface area contributed by atoms with E-state index in [-0.39, 0.29) is 6.04 Å². The highest BCUT2D eigenvalue weighted by molar-refractivity contribution is 5.85. The Morgan fingerprint density at radius 3 is 2.96 bits per heavy atom. The topological polar surface area (TPSA) is 71.6 Å². The van der Waals surface area contributed by atoms with Crippen molar-refractivity contribution >= 4 is 16.7 Å². The van der Waals surface area contributed by atoms with E-state index in [0.717, 1.165) is 41.7 Å². The predicted octanol–water partition coefficient (Wildman–Crippen LogP) is 2.76. The maximum atomic E-state index is 11.2. The molecule has 3 N–H and O–H groups in total. The Balaban J connectivity index is 1.73. The molecule has 3 fully saturated rings. The molecule has 5 heteroatoms. The average Bonchev–Trinajstić information content (AvgIpc) is 2.66. The third-order valence-electron chi connectivity index (χ3n) is 5.90. The van der Waals surface area contributed by atoms with Gasteiger partial charge in [-0.25, -0.2) is 4.98 Å². The number of piperidine rings is 3. The van der Waals surface area contributed by atoms with Gasteiger partial charge in [0.25, 0.3) is 0 Å². The second kappa shape index (κ2) is 6.32. The van der Waals surface area contributed by atoms with Crippen LogP contribution in [0.25, 0.3) is 10.9 Å². The highest BCUT2D eigenvalue weighted by Gasteiger charge is 2.42. The average molecular weight is 339 g/mol. The number of nitrogens with zero attached hydrogens (tertiary/aromatic N) is 2. The van der Waals surface area contributed by atoms with E-state index in [9.17, 15) is 5.11 Å². The first-order chi connectivity index (χ1) is 12.1. The van der Waals surface area contributed by atoms with E-state index in [1.165, 1.54) is 6.42 Å². The first-order valence-corrected chi connectivity index (χ1v) is 8.89. The fraction of sp³-hybridized carbons (Fsp3) is 0.450. The van der Waals surface area contributed by atoms with Crippen molar-refractivity contribution in [2.45, 2.75) is 25.0 Å². The number of hydrogen-bond acceptors (Lipinski definition) is 5. The second-order valence-corrected chi connectivity index (χ2v) is 7.21. The molecule has 3 saturated heterocycles. The Morgan fingerprint density at radius 2 is 2.28 bits per heavy atom. The maximum absolute atomic E-state index is 11.2. The quantitative estimate of drug-likeness (QED) is 0.838. The molecule has 0 aliphatic carbocycles. The molecule has 1 aromatic heterocycles. The van der Waals surface area contributed by atoms with Gasteiger partial charge < -0.3 is 15.6 Å². The van der Waals surface area contributed by atoms with Crippen molar-refractivity contribution in [1.29, 1.82) is 0 Å². The van der Waals surface area contributed by atoms with Crippen LogP contribution in [0.2, 0.25) is 0 Å². The molecular weight excluding hydrogens is 314 g/mol. The minimum atomic E-state index is -0.589. The van der Waals surface area contributed by atoms with Gasteiger partial charge in [0, 0.05) is 18.0 Å². The number of benzene rings is 1. The summed E-state index contributed by atoms with van der Waals surface area (Å²) in [6, 6.07) is 7.61. The summed E-state index contributed by atoms with van der Waals surface area (Å²) in [5.41, 5.74) is 7.63. The first-order valence-electron chi connectivity index (χ1n) is 8.89. The number of anilines is 1. The zero-order chi connectivity index (χ0) is 17.6. The van der Waals surface area contributed by atoms with Crippen LogP contribution in [0.5, 0.6) is 5.75 Å². The number of ether oxygens (including phenoxy) is 1. The van der Waals surface area contributed by atoms with Crippen molar-refractivity contribution in [2.24, 2.45) is 11.8 Å². The predicted molar refractivity (Wildman–Crippen MR) is 99.4 cm³/mol. The van der Waals surface area contributed by atoms with E-state index in [4.69, 9.17) is 10.5 Å². The molecule has 2 bridgehead atoms. The van der Waals surface area contributed by atoms with Crippen molar-refractivity contribution in [3.8, 4) is 5.75 Å². The summed E-state index contributed by atoms with van der Waals surface area (Å²) in [7, 11) is 1.64. The summed E-state index contributed by atoms with van der Waals surface area (Å²) in [4.78, 5) is 6.80. The van der Waals surface area contributed by atoms with E-state index in [0.29, 0.717) is 17.7 Å². The van der Waals surface area contributed by atoms with Crippen LogP contribution in [0.3, 0.4) is 0 Å². The van der Waals surface area contributed by atoms with Gasteiger partial charge in [-0.2, -0.15) is 0 Å². The molecule has 25 heavy (non-hydrogen) atoms. The van der Waals surface area contributed by atoms with Crippen LogP contribution in [0.4, 0.5) is 5.82 Å². The van der Waals surface area contributed by atoms with Gasteiger partial charge in [-0.3, -0.25) is 4.90 Å². The zero-order valence-corrected chi connectivity index (χ0v) is 14.6. The number of aliphatic hydroxyl groups is 1. The van der Waals surface area contributed by atoms with E-state index < -0.39 is 6.10 Å². The molecule has 0 saturated carbocycles. The Morgan fingerprint density at radius 1 is 1.44 bits per heavy atom. The molecule has 3 aliphatic rings. The lowest BCUT2D eigenvalue weighted by Crippen LogP contribution is -2.54. The van der Waals surface area contributed by atoms with Gasteiger partial charge in [-0.15, -0.1) is 6.58 Å². The smallest absolute Gasteiger partial charge is 0.124 e. The summed E-state index contributed by atoms with van der Waals surface area (Å²) < 4.78 is 5.35. The van der Waals surface area contributed by atoms with Gasteiger partial charge in [0.1, 0.15) is 11.6 Å². The molecule has 3 aliphatic heterocycles. The van der Waals surface area contributed by atoms with E-state index in [1.54, 1.807) is 13.2 Å². The summed E-state index contributed by atoms with van der Waals surface area (Å²) in [5.74, 6) is 2.34. The van der Waals surface area contributed by atoms with Gasteiger partial charge in [0.2, 0.25) is 0 Å². The molecule has 0 radical (unpaired) electrons. The Hall–Kier alpha value is -2.11. The molecule has 2 aromatic rings. The van der Waals surface area contributed by atoms with Gasteiger partial charge in [-0.05, 0) is 61.1 Å². The van der Waals surface area contributed by atoms with Crippen molar-refractivity contribution in [2.75, 3.05) is 25.9 Å². The Kier molecular flexibility index (Phi) is 4.13. The number of hydrogen-bond donors (Lipinski definition) is 2. The van der Waals surface area contributed by atoms with Crippen molar-refractivity contribution in [1.82, 2.24) is 9.88 Å². The molecular formula is C20H25N3O2. The largest absolute Gasteiger partial charge is 0.497 e. The van der Waals surface area contributed by atoms with E-state index >= 15 is 0 Å². The number of fused-ring (bicyclic) bond motifs is 4. The van der Waals surface area contributed by atoms with Gasteiger partial charge in [-0.1, -0.05) is 6.08 Å². The fourth-order valence-corrected chi connectivity index (χ4v) is 4.54. The lowest BCUT2D eigenvalue weighted by Gasteiger charge is -2.50. The summed E-state index contributed by atoms with van der Waals surface area (Å²) in [6.07, 6.45) is 3.66. The second-order valence-electron chi connectivity index (χ2n) is 7.21. The maximum Gasteiger partial charge on any atom is 0.124 e. The molecule has 5 nitrogen and oxygen atoms in total. The summed E-state index contributed by atoms with van der Waals surface area (Å²) in [5, 5.41) is 12.1. The Bertz CT molecular complexity index is 807. The van der Waals surface area contributed by atoms with E-state index in [2.05, 4.69) is 22.5 Å². The van der Waals surface area contributed by atoms with Crippen molar-refractivity contribution in [3.05, 3.63) is 42.5 Å². The normalized spacial score (nSPS) is 29.5. The minimum absolute atomic E-state index is 0.117. The third-order valence-corrected chi connectivity index (χ3v) is 5.90. The number of nitrogens with two attached hydrogens (primary N) is 1. The molecule has 0 spiro atoms. The number of methoxy groups -OCH3 is 1. The number of rotatable bonds is 4. The fourth-order valence-electron chi connectivity index (χ4n) is 4.54. The molecule has 5 rings (SSSR count). The van der Waals surface area contributed by atoms with Crippen molar-refractivity contribution in [3.63, 3.8) is 0 Å². The number of aromatic nitrogens is 1. The first kappa shape index (κ1) is 16.4. The SMILES string of the molecule is C=C[C@H]1CN2CC[C@H]1C[C@@H]2[C@@H](O)c1cc(N)nc2ccc(OC)cc12. The van der Waals surface area contributed by atoms with Crippen LogP contribution in [-0.2, 0) is 0 Å². The lowest BCUT2D eigenvalue weighted by molar-refractivity contribution is -0.0444. The highest BCUT2D eigenvalue weighted by Crippen LogP contribution is 2.42. The molecule has 0 amide bonds. The van der Waals surface area contributed by atoms with Crippen LogP contribution < -0.4 is 10.5 Å². The highest BCUT2D eigenvalue weighted by atomic mass is 16.5. The summed E-state index contributed by atoms with van der Waals surface area (Å²) in [6.45, 7) is 6.00. The van der Waals surface area contributed by atoms with Crippen LogP contribution in [-0.4, -0.2) is 41.2 Å². The number of pyridine rings is 1. The molecule has 4 heterocycles. The van der Waals surface area contributed by atoms with Crippen LogP contribution in [0.15, 0.2) is 36.9 Å². The monoisotopic (exact) mass is 339 g/mol. The number of aliphatic hydroxyl groups excluding tert-OH is 1. The molecule has 132 valence electrons. The summed E-state index contributed by atoms with van der Waals surface area (Å²) >= 11 is 0.